The molecular weight excluding hydrogens is 467 g/mol. The first kappa shape index (κ1) is 24.2. The van der Waals surface area contributed by atoms with E-state index in [1.165, 1.54) is 18.3 Å². The largest absolute Gasteiger partial charge is 0.444 e. The van der Waals surface area contributed by atoms with Crippen molar-refractivity contribution in [3.8, 4) is 11.5 Å². The van der Waals surface area contributed by atoms with E-state index in [9.17, 15) is 22.8 Å². The molecule has 2 amide bonds. The number of rotatable bonds is 7. The van der Waals surface area contributed by atoms with E-state index < -0.39 is 24.5 Å². The van der Waals surface area contributed by atoms with Crippen molar-refractivity contribution in [2.24, 2.45) is 11.7 Å². The maximum Gasteiger partial charge on any atom is 0.405 e. The number of hydrogen-bond donors (Lipinski definition) is 3. The van der Waals surface area contributed by atoms with Gasteiger partial charge in [0, 0.05) is 18.0 Å². The van der Waals surface area contributed by atoms with Gasteiger partial charge >= 0.3 is 6.18 Å². The quantitative estimate of drug-likeness (QED) is 0.453. The van der Waals surface area contributed by atoms with Crippen LogP contribution in [0.25, 0.3) is 11.5 Å². The van der Waals surface area contributed by atoms with Crippen molar-refractivity contribution >= 4 is 23.3 Å². The fourth-order valence-electron chi connectivity index (χ4n) is 3.91. The molecule has 3 aromatic heterocycles. The maximum atomic E-state index is 12.8. The number of carbonyl (C=O) groups excluding carboxylic acids is 2. The Hall–Kier alpha value is -3.90. The minimum absolute atomic E-state index is 0.00903. The van der Waals surface area contributed by atoms with Gasteiger partial charge in [0.1, 0.15) is 18.6 Å². The van der Waals surface area contributed by atoms with E-state index in [1.807, 2.05) is 0 Å². The first-order chi connectivity index (χ1) is 16.6. The molecule has 3 heterocycles. The Morgan fingerprint density at radius 2 is 2.00 bits per heavy atom. The van der Waals surface area contributed by atoms with Gasteiger partial charge in [-0.15, -0.1) is 0 Å². The molecule has 3 aromatic rings. The molecule has 0 bridgehead atoms. The molecule has 0 atom stereocenters. The van der Waals surface area contributed by atoms with Crippen LogP contribution in [0.4, 0.5) is 24.7 Å². The smallest absolute Gasteiger partial charge is 0.405 e. The Morgan fingerprint density at radius 1 is 1.26 bits per heavy atom. The van der Waals surface area contributed by atoms with E-state index in [1.54, 1.807) is 10.9 Å². The molecule has 1 saturated carbocycles. The highest BCUT2D eigenvalue weighted by Crippen LogP contribution is 2.32. The highest BCUT2D eigenvalue weighted by Gasteiger charge is 2.27. The average Bonchev–Trinajstić information content (AvgIpc) is 3.46. The highest BCUT2D eigenvalue weighted by molar-refractivity contribution is 6.07. The van der Waals surface area contributed by atoms with Crippen LogP contribution in [-0.2, 0) is 0 Å². The summed E-state index contributed by atoms with van der Waals surface area (Å²) >= 11 is 0. The van der Waals surface area contributed by atoms with Crippen molar-refractivity contribution in [2.75, 3.05) is 17.2 Å². The van der Waals surface area contributed by atoms with Crippen molar-refractivity contribution in [1.29, 1.82) is 0 Å². The van der Waals surface area contributed by atoms with E-state index in [2.05, 4.69) is 32.6 Å². The summed E-state index contributed by atoms with van der Waals surface area (Å²) in [5.74, 6) is -0.826. The second-order valence-electron chi connectivity index (χ2n) is 8.54. The third kappa shape index (κ3) is 5.97. The zero-order chi connectivity index (χ0) is 25.2. The number of oxazole rings is 1. The third-order valence-electron chi connectivity index (χ3n) is 5.79. The van der Waals surface area contributed by atoms with Crippen molar-refractivity contribution in [1.82, 2.24) is 19.7 Å². The van der Waals surface area contributed by atoms with E-state index in [-0.39, 0.29) is 34.8 Å². The van der Waals surface area contributed by atoms with Gasteiger partial charge in [-0.05, 0) is 43.7 Å². The van der Waals surface area contributed by atoms with E-state index >= 15 is 0 Å². The number of pyridine rings is 1. The summed E-state index contributed by atoms with van der Waals surface area (Å²) < 4.78 is 44.3. The Balaban J connectivity index is 1.48. The topological polar surface area (TPSA) is 141 Å². The van der Waals surface area contributed by atoms with Gasteiger partial charge in [-0.25, -0.2) is 9.97 Å². The number of hydrogen-bond acceptors (Lipinski definition) is 7. The van der Waals surface area contributed by atoms with Crippen LogP contribution in [0.5, 0.6) is 0 Å². The van der Waals surface area contributed by atoms with Gasteiger partial charge in [-0.2, -0.15) is 18.3 Å². The second-order valence-corrected chi connectivity index (χ2v) is 8.54. The second kappa shape index (κ2) is 9.76. The van der Waals surface area contributed by atoms with E-state index in [0.717, 1.165) is 31.9 Å². The number of amides is 2. The van der Waals surface area contributed by atoms with E-state index in [0.29, 0.717) is 11.5 Å². The lowest BCUT2D eigenvalue weighted by Crippen LogP contribution is -2.21. The fourth-order valence-corrected chi connectivity index (χ4v) is 3.91. The molecule has 35 heavy (non-hydrogen) atoms. The van der Waals surface area contributed by atoms with Crippen LogP contribution in [0.3, 0.4) is 0 Å². The molecule has 0 spiro atoms. The molecule has 13 heteroatoms. The molecule has 186 valence electrons. The Kier molecular flexibility index (Phi) is 6.76. The van der Waals surface area contributed by atoms with Crippen LogP contribution >= 0.6 is 0 Å². The number of aromatic nitrogens is 4. The number of alkyl halides is 3. The minimum Gasteiger partial charge on any atom is -0.444 e. The lowest BCUT2D eigenvalue weighted by atomic mass is 9.87. The number of nitrogens with zero attached hydrogens (tertiary/aromatic N) is 4. The molecule has 1 aliphatic carbocycles. The number of anilines is 2. The maximum absolute atomic E-state index is 12.8. The Morgan fingerprint density at radius 3 is 2.69 bits per heavy atom. The number of nitrogens with one attached hydrogen (secondary N) is 2. The number of nitrogens with two attached hydrogens (primary N) is 1. The molecule has 0 saturated heterocycles. The minimum atomic E-state index is -4.40. The molecule has 4 N–H and O–H groups in total. The first-order valence-corrected chi connectivity index (χ1v) is 11.0. The lowest BCUT2D eigenvalue weighted by Gasteiger charge is -2.26. The Bertz CT molecular complexity index is 1210. The molecule has 1 aliphatic rings. The molecule has 4 rings (SSSR count). The molecule has 0 radical (unpaired) electrons. The molecular formula is C22H24F3N7O3. The molecule has 0 aromatic carbocycles. The average molecular weight is 491 g/mol. The summed E-state index contributed by atoms with van der Waals surface area (Å²) in [6.07, 6.45) is 3.48. The standard InChI is InChI=1S/C22H24F3N7O3/c1-12-2-4-14(5-3-12)32-9-15(18(31-32)19(26)33)29-20(34)16-10-35-21(30-16)13-6-7-27-17(8-13)28-11-22(23,24)25/h6-10,12,14H,2-5,11H2,1H3,(H2,26,33)(H,27,28)(H,29,34)/t12-,14+. The Labute approximate surface area is 198 Å². The van der Waals surface area contributed by atoms with Gasteiger partial charge in [0.05, 0.1) is 11.7 Å². The van der Waals surface area contributed by atoms with Gasteiger partial charge < -0.3 is 20.8 Å². The van der Waals surface area contributed by atoms with Crippen molar-refractivity contribution in [2.45, 2.75) is 44.8 Å². The van der Waals surface area contributed by atoms with Crippen LogP contribution in [-0.4, -0.2) is 44.3 Å². The molecule has 1 fully saturated rings. The van der Waals surface area contributed by atoms with Crippen LogP contribution < -0.4 is 16.4 Å². The summed E-state index contributed by atoms with van der Waals surface area (Å²) in [6.45, 7) is 0.941. The summed E-state index contributed by atoms with van der Waals surface area (Å²) in [5.41, 5.74) is 5.78. The van der Waals surface area contributed by atoms with Crippen LogP contribution in [0.15, 0.2) is 35.2 Å². The van der Waals surface area contributed by atoms with Gasteiger partial charge in [0.25, 0.3) is 11.8 Å². The number of primary amides is 1. The van der Waals surface area contributed by atoms with Gasteiger partial charge in [-0.3, -0.25) is 14.3 Å². The lowest BCUT2D eigenvalue weighted by molar-refractivity contribution is -0.115. The van der Waals surface area contributed by atoms with Gasteiger partial charge in [-0.1, -0.05) is 6.92 Å². The van der Waals surface area contributed by atoms with Crippen molar-refractivity contribution in [3.63, 3.8) is 0 Å². The third-order valence-corrected chi connectivity index (χ3v) is 5.79. The number of halogens is 3. The summed E-state index contributed by atoms with van der Waals surface area (Å²) in [5, 5.41) is 9.05. The van der Waals surface area contributed by atoms with Gasteiger partial charge in [0.15, 0.2) is 11.4 Å². The highest BCUT2D eigenvalue weighted by atomic mass is 19.4. The molecule has 0 unspecified atom stereocenters. The summed E-state index contributed by atoms with van der Waals surface area (Å²) in [6, 6.07) is 2.91. The normalized spacial score (nSPS) is 18.3. The first-order valence-electron chi connectivity index (χ1n) is 11.0. The zero-order valence-corrected chi connectivity index (χ0v) is 18.8. The van der Waals surface area contributed by atoms with Crippen LogP contribution in [0.1, 0.15) is 59.6 Å². The van der Waals surface area contributed by atoms with Crippen LogP contribution in [0, 0.1) is 5.92 Å². The SMILES string of the molecule is C[C@H]1CC[C@@H](n2cc(NC(=O)c3coc(-c4ccnc(NCC(F)(F)F)c4)n3)c(C(N)=O)n2)CC1. The summed E-state index contributed by atoms with van der Waals surface area (Å²) in [7, 11) is 0. The van der Waals surface area contributed by atoms with E-state index in [4.69, 9.17) is 10.2 Å². The molecule has 0 aliphatic heterocycles. The van der Waals surface area contributed by atoms with Gasteiger partial charge in [0.2, 0.25) is 5.89 Å². The monoisotopic (exact) mass is 491 g/mol. The predicted octanol–water partition coefficient (Wildman–Crippen LogP) is 4.01. The molecule has 10 nitrogen and oxygen atoms in total. The van der Waals surface area contributed by atoms with Crippen molar-refractivity contribution < 1.29 is 27.2 Å². The van der Waals surface area contributed by atoms with Crippen molar-refractivity contribution in [3.05, 3.63) is 42.2 Å². The number of carbonyl (C=O) groups is 2. The fraction of sp³-hybridized carbons (Fsp3) is 0.409. The van der Waals surface area contributed by atoms with Crippen LogP contribution in [0.2, 0.25) is 0 Å². The predicted molar refractivity (Wildman–Crippen MR) is 120 cm³/mol. The summed E-state index contributed by atoms with van der Waals surface area (Å²) in [4.78, 5) is 32.6. The zero-order valence-electron chi connectivity index (χ0n) is 18.8.